The van der Waals surface area contributed by atoms with E-state index in [0.717, 1.165) is 11.5 Å². The van der Waals surface area contributed by atoms with Crippen LogP contribution in [0.3, 0.4) is 0 Å². The van der Waals surface area contributed by atoms with Crippen LogP contribution in [0.25, 0.3) is 0 Å². The molecule has 25 heavy (non-hydrogen) atoms. The summed E-state index contributed by atoms with van der Waals surface area (Å²) < 4.78 is 5.70. The Morgan fingerprint density at radius 1 is 1.08 bits per heavy atom. The second-order valence-electron chi connectivity index (χ2n) is 5.27. The first-order valence-electron chi connectivity index (χ1n) is 7.77. The van der Waals surface area contributed by atoms with Crippen molar-refractivity contribution in [2.24, 2.45) is 5.73 Å². The summed E-state index contributed by atoms with van der Waals surface area (Å²) in [6, 6.07) is 15.1. The molecule has 0 aliphatic rings. The lowest BCUT2D eigenvalue weighted by Crippen LogP contribution is -2.46. The van der Waals surface area contributed by atoms with Crippen LogP contribution in [0.5, 0.6) is 11.5 Å². The molecule has 7 heteroatoms. The molecule has 132 valence electrons. The molecule has 0 saturated heterocycles. The van der Waals surface area contributed by atoms with Gasteiger partial charge in [-0.25, -0.2) is 4.79 Å². The highest BCUT2D eigenvalue weighted by molar-refractivity contribution is 7.98. The Morgan fingerprint density at radius 2 is 1.72 bits per heavy atom. The molecule has 0 radical (unpaired) electrons. The molecule has 0 saturated carbocycles. The van der Waals surface area contributed by atoms with E-state index in [4.69, 9.17) is 10.5 Å². The molecule has 4 N–H and O–H groups in total. The highest BCUT2D eigenvalue weighted by Gasteiger charge is 2.19. The zero-order valence-electron chi connectivity index (χ0n) is 13.9. The van der Waals surface area contributed by atoms with Crippen LogP contribution in [0.1, 0.15) is 6.42 Å². The van der Waals surface area contributed by atoms with Crippen LogP contribution in [0.4, 0.5) is 10.5 Å². The van der Waals surface area contributed by atoms with Crippen LogP contribution in [0, 0.1) is 0 Å². The quantitative estimate of drug-likeness (QED) is 0.675. The number of thioether (sulfide) groups is 1. The van der Waals surface area contributed by atoms with Crippen molar-refractivity contribution in [1.29, 1.82) is 0 Å². The van der Waals surface area contributed by atoms with Crippen molar-refractivity contribution in [3.05, 3.63) is 54.6 Å². The van der Waals surface area contributed by atoms with Crippen LogP contribution >= 0.6 is 11.8 Å². The maximum absolute atomic E-state index is 12.3. The first-order valence-corrected chi connectivity index (χ1v) is 9.16. The maximum atomic E-state index is 12.3. The fourth-order valence-electron chi connectivity index (χ4n) is 2.14. The predicted molar refractivity (Wildman–Crippen MR) is 101 cm³/mol. The lowest BCUT2D eigenvalue weighted by atomic mass is 10.2. The summed E-state index contributed by atoms with van der Waals surface area (Å²) in [7, 11) is 0. The molecule has 0 fully saturated rings. The van der Waals surface area contributed by atoms with E-state index in [1.165, 1.54) is 0 Å². The van der Waals surface area contributed by atoms with Gasteiger partial charge in [-0.05, 0) is 54.8 Å². The number of nitrogens with two attached hydrogens (primary N) is 1. The van der Waals surface area contributed by atoms with Gasteiger partial charge in [0.15, 0.2) is 0 Å². The van der Waals surface area contributed by atoms with Crippen molar-refractivity contribution in [2.45, 2.75) is 12.5 Å². The molecular weight excluding hydrogens is 338 g/mol. The van der Waals surface area contributed by atoms with Crippen LogP contribution < -0.4 is 21.1 Å². The van der Waals surface area contributed by atoms with Crippen molar-refractivity contribution in [3.63, 3.8) is 0 Å². The Labute approximate surface area is 151 Å². The third-order valence-electron chi connectivity index (χ3n) is 3.34. The highest BCUT2D eigenvalue weighted by Crippen LogP contribution is 2.22. The van der Waals surface area contributed by atoms with Crippen LogP contribution in [-0.4, -0.2) is 30.0 Å². The van der Waals surface area contributed by atoms with Crippen molar-refractivity contribution >= 4 is 29.4 Å². The minimum Gasteiger partial charge on any atom is -0.457 e. The number of hydrogen-bond acceptors (Lipinski definition) is 4. The Balaban J connectivity index is 1.96. The number of para-hydroxylation sites is 1. The fraction of sp³-hybridized carbons (Fsp3) is 0.222. The molecule has 0 aliphatic heterocycles. The van der Waals surface area contributed by atoms with E-state index in [0.29, 0.717) is 17.9 Å². The number of benzene rings is 2. The average Bonchev–Trinajstić information content (AvgIpc) is 2.61. The largest absolute Gasteiger partial charge is 0.457 e. The molecule has 0 aromatic heterocycles. The number of primary amides is 1. The predicted octanol–water partition coefficient (Wildman–Crippen LogP) is 3.21. The Bertz CT molecular complexity index is 692. The molecule has 1 atom stereocenters. The van der Waals surface area contributed by atoms with Crippen molar-refractivity contribution in [1.82, 2.24) is 5.32 Å². The standard InChI is InChI=1S/C18H21N3O3S/c1-25-12-11-16(21-18(19)23)17(22)20-13-7-9-15(10-8-13)24-14-5-3-2-4-6-14/h2-10,16H,11-12H2,1H3,(H,20,22)(H3,19,21,23)/t16-/m1/s1. The SMILES string of the molecule is CSCC[C@@H](NC(N)=O)C(=O)Nc1ccc(Oc2ccccc2)cc1. The molecule has 3 amide bonds. The van der Waals surface area contributed by atoms with Gasteiger partial charge < -0.3 is 21.1 Å². The molecule has 0 bridgehead atoms. The van der Waals surface area contributed by atoms with Gasteiger partial charge in [-0.15, -0.1) is 0 Å². The summed E-state index contributed by atoms with van der Waals surface area (Å²) in [6.45, 7) is 0. The van der Waals surface area contributed by atoms with E-state index >= 15 is 0 Å². The van der Waals surface area contributed by atoms with E-state index in [9.17, 15) is 9.59 Å². The first-order chi connectivity index (χ1) is 12.1. The molecular formula is C18H21N3O3S. The van der Waals surface area contributed by atoms with Gasteiger partial charge >= 0.3 is 6.03 Å². The number of urea groups is 1. The van der Waals surface area contributed by atoms with E-state index in [-0.39, 0.29) is 5.91 Å². The lowest BCUT2D eigenvalue weighted by Gasteiger charge is -2.17. The second kappa shape index (κ2) is 9.58. The first kappa shape index (κ1) is 18.7. The number of anilines is 1. The Kier molecular flexibility index (Phi) is 7.16. The minimum atomic E-state index is -0.715. The van der Waals surface area contributed by atoms with Crippen molar-refractivity contribution < 1.29 is 14.3 Å². The van der Waals surface area contributed by atoms with Gasteiger partial charge in [-0.2, -0.15) is 11.8 Å². The third kappa shape index (κ3) is 6.39. The third-order valence-corrected chi connectivity index (χ3v) is 3.99. The number of ether oxygens (including phenoxy) is 1. The van der Waals surface area contributed by atoms with Crippen molar-refractivity contribution in [3.8, 4) is 11.5 Å². The number of nitrogens with one attached hydrogen (secondary N) is 2. The number of carbonyl (C=O) groups excluding carboxylic acids is 2. The van der Waals surface area contributed by atoms with Gasteiger partial charge in [0.2, 0.25) is 5.91 Å². The normalized spacial score (nSPS) is 11.4. The Morgan fingerprint density at radius 3 is 2.32 bits per heavy atom. The van der Waals surface area contributed by atoms with Gasteiger partial charge in [-0.1, -0.05) is 18.2 Å². The monoisotopic (exact) mass is 359 g/mol. The van der Waals surface area contributed by atoms with Gasteiger partial charge in [0.1, 0.15) is 17.5 Å². The van der Waals surface area contributed by atoms with E-state index < -0.39 is 12.1 Å². The molecule has 2 aromatic carbocycles. The minimum absolute atomic E-state index is 0.301. The molecule has 0 aliphatic carbocycles. The summed E-state index contributed by atoms with van der Waals surface area (Å²) in [6.07, 6.45) is 2.44. The van der Waals surface area contributed by atoms with Crippen molar-refractivity contribution in [2.75, 3.05) is 17.3 Å². The Hall–Kier alpha value is -2.67. The molecule has 0 spiro atoms. The second-order valence-corrected chi connectivity index (χ2v) is 6.26. The molecule has 2 aromatic rings. The topological polar surface area (TPSA) is 93.5 Å². The van der Waals surface area contributed by atoms with Gasteiger partial charge in [0.05, 0.1) is 0 Å². The summed E-state index contributed by atoms with van der Waals surface area (Å²) in [4.78, 5) is 23.4. The molecule has 0 heterocycles. The van der Waals surface area contributed by atoms with Gasteiger partial charge in [0.25, 0.3) is 0 Å². The lowest BCUT2D eigenvalue weighted by molar-refractivity contribution is -0.117. The van der Waals surface area contributed by atoms with Gasteiger partial charge in [0, 0.05) is 5.69 Å². The number of rotatable bonds is 8. The summed E-state index contributed by atoms with van der Waals surface area (Å²) in [5.41, 5.74) is 5.75. The van der Waals surface area contributed by atoms with E-state index in [2.05, 4.69) is 10.6 Å². The number of amides is 3. The maximum Gasteiger partial charge on any atom is 0.312 e. The average molecular weight is 359 g/mol. The summed E-state index contributed by atoms with van der Waals surface area (Å²) in [5.74, 6) is 1.84. The zero-order valence-corrected chi connectivity index (χ0v) is 14.7. The molecule has 2 rings (SSSR count). The van der Waals surface area contributed by atoms with Gasteiger partial charge in [-0.3, -0.25) is 4.79 Å². The van der Waals surface area contributed by atoms with Crippen LogP contribution in [-0.2, 0) is 4.79 Å². The van der Waals surface area contributed by atoms with E-state index in [1.54, 1.807) is 36.0 Å². The number of hydrogen-bond donors (Lipinski definition) is 3. The fourth-order valence-corrected chi connectivity index (χ4v) is 2.61. The zero-order chi connectivity index (χ0) is 18.1. The smallest absolute Gasteiger partial charge is 0.312 e. The molecule has 6 nitrogen and oxygen atoms in total. The number of carbonyl (C=O) groups is 2. The van der Waals surface area contributed by atoms with E-state index in [1.807, 2.05) is 36.6 Å². The highest BCUT2D eigenvalue weighted by atomic mass is 32.2. The van der Waals surface area contributed by atoms with Crippen LogP contribution in [0.15, 0.2) is 54.6 Å². The summed E-state index contributed by atoms with van der Waals surface area (Å²) >= 11 is 1.59. The molecule has 0 unspecified atom stereocenters. The summed E-state index contributed by atoms with van der Waals surface area (Å²) in [5, 5.41) is 5.24. The van der Waals surface area contributed by atoms with Crippen LogP contribution in [0.2, 0.25) is 0 Å².